The first kappa shape index (κ1) is 15.9. The van der Waals surface area contributed by atoms with Crippen molar-refractivity contribution in [3.63, 3.8) is 0 Å². The molecule has 0 N–H and O–H groups in total. The molecular formula is C13H15BrClNO3S. The normalized spacial score (nSPS) is 21.1. The lowest BCUT2D eigenvalue weighted by Gasteiger charge is -2.30. The van der Waals surface area contributed by atoms with Crippen molar-refractivity contribution in [2.75, 3.05) is 13.1 Å². The Hall–Kier alpha value is -0.430. The van der Waals surface area contributed by atoms with Crippen LogP contribution >= 0.6 is 27.5 Å². The van der Waals surface area contributed by atoms with Gasteiger partial charge in [0.15, 0.2) is 0 Å². The van der Waals surface area contributed by atoms with Crippen molar-refractivity contribution in [2.45, 2.75) is 24.7 Å². The van der Waals surface area contributed by atoms with Crippen LogP contribution in [-0.2, 0) is 14.8 Å². The van der Waals surface area contributed by atoms with Gasteiger partial charge in [-0.25, -0.2) is 8.42 Å². The second-order valence-electron chi connectivity index (χ2n) is 4.76. The molecule has 1 atom stereocenters. The summed E-state index contributed by atoms with van der Waals surface area (Å²) in [6.45, 7) is 2.41. The lowest BCUT2D eigenvalue weighted by molar-refractivity contribution is -0.125. The van der Waals surface area contributed by atoms with Gasteiger partial charge in [-0.1, -0.05) is 18.5 Å². The minimum Gasteiger partial charge on any atom is -0.299 e. The van der Waals surface area contributed by atoms with E-state index in [9.17, 15) is 13.2 Å². The molecule has 110 valence electrons. The molecule has 1 aromatic carbocycles. The van der Waals surface area contributed by atoms with Gasteiger partial charge >= 0.3 is 0 Å². The third-order valence-corrected chi connectivity index (χ3v) is 6.58. The molecule has 0 saturated carbocycles. The standard InChI is InChI=1S/C13H15BrClNO3S/c1-2-9-8-16(6-5-13(9)17)20(18,19)10-3-4-12(15)11(14)7-10/h3-4,7,9H,2,5-6,8H2,1H3. The summed E-state index contributed by atoms with van der Waals surface area (Å²) in [7, 11) is -3.58. The third kappa shape index (κ3) is 3.08. The summed E-state index contributed by atoms with van der Waals surface area (Å²) in [6.07, 6.45) is 0.946. The van der Waals surface area contributed by atoms with Crippen LogP contribution in [0.25, 0.3) is 0 Å². The second kappa shape index (κ2) is 6.13. The van der Waals surface area contributed by atoms with Gasteiger partial charge in [-0.05, 0) is 40.5 Å². The van der Waals surface area contributed by atoms with Crippen molar-refractivity contribution in [1.82, 2.24) is 4.31 Å². The van der Waals surface area contributed by atoms with Crippen LogP contribution in [-0.4, -0.2) is 31.6 Å². The average molecular weight is 381 g/mol. The van der Waals surface area contributed by atoms with Crippen LogP contribution in [0.15, 0.2) is 27.6 Å². The predicted octanol–water partition coefficient (Wildman–Crippen LogP) is 3.09. The largest absolute Gasteiger partial charge is 0.299 e. The number of sulfonamides is 1. The number of piperidine rings is 1. The first-order valence-corrected chi connectivity index (χ1v) is 8.95. The number of carbonyl (C=O) groups is 1. The Morgan fingerprint density at radius 1 is 1.45 bits per heavy atom. The number of carbonyl (C=O) groups excluding carboxylic acids is 1. The van der Waals surface area contributed by atoms with Crippen LogP contribution in [0.5, 0.6) is 0 Å². The summed E-state index contributed by atoms with van der Waals surface area (Å²) in [5, 5.41) is 0.462. The van der Waals surface area contributed by atoms with Gasteiger partial charge in [-0.3, -0.25) is 4.79 Å². The highest BCUT2D eigenvalue weighted by molar-refractivity contribution is 9.10. The van der Waals surface area contributed by atoms with Crippen molar-refractivity contribution in [1.29, 1.82) is 0 Å². The van der Waals surface area contributed by atoms with Gasteiger partial charge in [-0.15, -0.1) is 0 Å². The summed E-state index contributed by atoms with van der Waals surface area (Å²) >= 11 is 9.11. The SMILES string of the molecule is CCC1CN(S(=O)(=O)c2ccc(Cl)c(Br)c2)CCC1=O. The zero-order chi connectivity index (χ0) is 14.9. The zero-order valence-electron chi connectivity index (χ0n) is 11.0. The van der Waals surface area contributed by atoms with Crippen LogP contribution in [0.4, 0.5) is 0 Å². The monoisotopic (exact) mass is 379 g/mol. The number of ketones is 1. The maximum atomic E-state index is 12.6. The smallest absolute Gasteiger partial charge is 0.243 e. The topological polar surface area (TPSA) is 54.5 Å². The van der Waals surface area contributed by atoms with E-state index in [1.807, 2.05) is 6.92 Å². The molecule has 0 amide bonds. The van der Waals surface area contributed by atoms with E-state index >= 15 is 0 Å². The molecule has 2 rings (SSSR count). The molecule has 0 spiro atoms. The molecule has 0 aliphatic carbocycles. The number of benzene rings is 1. The summed E-state index contributed by atoms with van der Waals surface area (Å²) in [4.78, 5) is 11.9. The maximum absolute atomic E-state index is 12.6. The Kier molecular flexibility index (Phi) is 4.89. The van der Waals surface area contributed by atoms with E-state index in [-0.39, 0.29) is 36.1 Å². The Labute approximate surface area is 132 Å². The first-order valence-electron chi connectivity index (χ1n) is 6.34. The van der Waals surface area contributed by atoms with Gasteiger partial charge in [-0.2, -0.15) is 4.31 Å². The van der Waals surface area contributed by atoms with Gasteiger partial charge in [0, 0.05) is 29.9 Å². The molecule has 1 unspecified atom stereocenters. The molecule has 1 fully saturated rings. The molecule has 1 aromatic rings. The van der Waals surface area contributed by atoms with E-state index in [0.717, 1.165) is 0 Å². The number of nitrogens with zero attached hydrogens (tertiary/aromatic N) is 1. The minimum absolute atomic E-state index is 0.149. The van der Waals surface area contributed by atoms with Crippen molar-refractivity contribution in [3.05, 3.63) is 27.7 Å². The van der Waals surface area contributed by atoms with E-state index in [4.69, 9.17) is 11.6 Å². The Bertz CT molecular complexity index is 633. The Balaban J connectivity index is 2.30. The molecule has 1 heterocycles. The number of rotatable bonds is 3. The van der Waals surface area contributed by atoms with Gasteiger partial charge in [0.2, 0.25) is 10.0 Å². The molecule has 0 radical (unpaired) electrons. The first-order chi connectivity index (χ1) is 9.36. The summed E-state index contributed by atoms with van der Waals surface area (Å²) in [6, 6.07) is 4.53. The quantitative estimate of drug-likeness (QED) is 0.809. The van der Waals surface area contributed by atoms with Gasteiger partial charge in [0.05, 0.1) is 9.92 Å². The van der Waals surface area contributed by atoms with E-state index < -0.39 is 10.0 Å². The molecule has 20 heavy (non-hydrogen) atoms. The van der Waals surface area contributed by atoms with E-state index in [1.54, 1.807) is 6.07 Å². The fourth-order valence-corrected chi connectivity index (χ4v) is 4.40. The lowest BCUT2D eigenvalue weighted by Crippen LogP contribution is -2.43. The van der Waals surface area contributed by atoms with Crippen molar-refractivity contribution in [2.24, 2.45) is 5.92 Å². The molecule has 1 aliphatic rings. The third-order valence-electron chi connectivity index (χ3n) is 3.51. The van der Waals surface area contributed by atoms with Crippen LogP contribution < -0.4 is 0 Å². The maximum Gasteiger partial charge on any atom is 0.243 e. The van der Waals surface area contributed by atoms with E-state index in [1.165, 1.54) is 16.4 Å². The molecule has 1 aliphatic heterocycles. The van der Waals surface area contributed by atoms with E-state index in [0.29, 0.717) is 15.9 Å². The fourth-order valence-electron chi connectivity index (χ4n) is 2.24. The number of halogens is 2. The number of hydrogen-bond acceptors (Lipinski definition) is 3. The Morgan fingerprint density at radius 3 is 2.75 bits per heavy atom. The summed E-state index contributed by atoms with van der Waals surface area (Å²) in [5.74, 6) is -0.0505. The number of Topliss-reactive ketones (excluding diaryl/α,β-unsaturated/α-hetero) is 1. The fraction of sp³-hybridized carbons (Fsp3) is 0.462. The van der Waals surface area contributed by atoms with Crippen LogP contribution in [0.3, 0.4) is 0 Å². The highest BCUT2D eigenvalue weighted by Crippen LogP contribution is 2.28. The lowest BCUT2D eigenvalue weighted by atomic mass is 9.96. The molecule has 0 aromatic heterocycles. The van der Waals surface area contributed by atoms with Crippen molar-refractivity contribution in [3.8, 4) is 0 Å². The molecule has 4 nitrogen and oxygen atoms in total. The van der Waals surface area contributed by atoms with Crippen LogP contribution in [0.1, 0.15) is 19.8 Å². The highest BCUT2D eigenvalue weighted by atomic mass is 79.9. The van der Waals surface area contributed by atoms with Gasteiger partial charge < -0.3 is 0 Å². The summed E-state index contributed by atoms with van der Waals surface area (Å²) < 4.78 is 27.1. The predicted molar refractivity (Wildman–Crippen MR) is 81.3 cm³/mol. The van der Waals surface area contributed by atoms with Crippen molar-refractivity contribution >= 4 is 43.3 Å². The Morgan fingerprint density at radius 2 is 2.15 bits per heavy atom. The second-order valence-corrected chi connectivity index (χ2v) is 7.96. The highest BCUT2D eigenvalue weighted by Gasteiger charge is 2.33. The molecular weight excluding hydrogens is 366 g/mol. The van der Waals surface area contributed by atoms with Crippen LogP contribution in [0.2, 0.25) is 5.02 Å². The van der Waals surface area contributed by atoms with Crippen molar-refractivity contribution < 1.29 is 13.2 Å². The average Bonchev–Trinajstić information content (AvgIpc) is 2.42. The molecule has 0 bridgehead atoms. The van der Waals surface area contributed by atoms with Crippen LogP contribution in [0, 0.1) is 5.92 Å². The van der Waals surface area contributed by atoms with Gasteiger partial charge in [0.1, 0.15) is 5.78 Å². The summed E-state index contributed by atoms with van der Waals surface area (Å²) in [5.41, 5.74) is 0. The number of hydrogen-bond donors (Lipinski definition) is 0. The zero-order valence-corrected chi connectivity index (χ0v) is 14.1. The molecule has 1 saturated heterocycles. The minimum atomic E-state index is -3.58. The van der Waals surface area contributed by atoms with E-state index in [2.05, 4.69) is 15.9 Å². The molecule has 7 heteroatoms. The van der Waals surface area contributed by atoms with Gasteiger partial charge in [0.25, 0.3) is 0 Å².